The van der Waals surface area contributed by atoms with Crippen LogP contribution in [0.3, 0.4) is 0 Å². The molecule has 1 aliphatic carbocycles. The van der Waals surface area contributed by atoms with Crippen LogP contribution >= 0.6 is 0 Å². The van der Waals surface area contributed by atoms with E-state index in [1.165, 1.54) is 42.6 Å². The van der Waals surface area contributed by atoms with Gasteiger partial charge in [0, 0.05) is 12.2 Å². The zero-order valence-electron chi connectivity index (χ0n) is 20.2. The van der Waals surface area contributed by atoms with Gasteiger partial charge < -0.3 is 9.84 Å². The minimum Gasteiger partial charge on any atom is -0.478 e. The number of hydrogen-bond donors (Lipinski definition) is 1. The number of benzene rings is 1. The number of esters is 1. The van der Waals surface area contributed by atoms with Crippen molar-refractivity contribution >= 4 is 18.0 Å². The molecule has 0 radical (unpaired) electrons. The largest absolute Gasteiger partial charge is 0.478 e. The van der Waals surface area contributed by atoms with Gasteiger partial charge in [0.2, 0.25) is 0 Å². The van der Waals surface area contributed by atoms with E-state index in [2.05, 4.69) is 39.8 Å². The lowest BCUT2D eigenvalue weighted by Gasteiger charge is -2.32. The lowest BCUT2D eigenvalue weighted by Crippen LogP contribution is -2.19. The molecule has 0 amide bonds. The van der Waals surface area contributed by atoms with E-state index in [-0.39, 0.29) is 5.41 Å². The third-order valence-electron chi connectivity index (χ3n) is 5.64. The third kappa shape index (κ3) is 8.93. The van der Waals surface area contributed by atoms with Gasteiger partial charge in [-0.05, 0) is 80.4 Å². The molecule has 1 aromatic carbocycles. The molecule has 0 fully saturated rings. The highest BCUT2D eigenvalue weighted by molar-refractivity contribution is 5.86. The molecule has 0 atom stereocenters. The first kappa shape index (κ1) is 25.9. The number of carbonyl (C=O) groups excluding carboxylic acids is 1. The molecule has 0 heterocycles. The van der Waals surface area contributed by atoms with Gasteiger partial charge in [0.05, 0.1) is 0 Å². The maximum absolute atomic E-state index is 12.1. The number of hydrogen-bond acceptors (Lipinski definition) is 3. The average molecular weight is 447 g/mol. The number of carboxylic acids is 1. The van der Waals surface area contributed by atoms with Crippen LogP contribution in [0, 0.1) is 5.41 Å². The number of aliphatic carboxylic acids is 1. The lowest BCUT2D eigenvalue weighted by molar-refractivity contribution is -0.131. The predicted molar refractivity (Wildman–Crippen MR) is 135 cm³/mol. The Labute approximate surface area is 197 Å². The van der Waals surface area contributed by atoms with E-state index in [4.69, 9.17) is 9.84 Å². The number of rotatable bonds is 8. The molecule has 4 heteroatoms. The Kier molecular flexibility index (Phi) is 9.41. The maximum atomic E-state index is 12.1. The second-order valence-corrected chi connectivity index (χ2v) is 9.08. The highest BCUT2D eigenvalue weighted by Crippen LogP contribution is 2.40. The van der Waals surface area contributed by atoms with Crippen LogP contribution in [0.15, 0.2) is 89.1 Å². The fourth-order valence-electron chi connectivity index (χ4n) is 3.83. The zero-order chi connectivity index (χ0) is 24.4. The average Bonchev–Trinajstić information content (AvgIpc) is 2.72. The first-order valence-electron chi connectivity index (χ1n) is 11.2. The van der Waals surface area contributed by atoms with E-state index in [0.29, 0.717) is 11.3 Å². The predicted octanol–water partition coefficient (Wildman–Crippen LogP) is 7.22. The molecule has 0 saturated heterocycles. The summed E-state index contributed by atoms with van der Waals surface area (Å²) in [5.41, 5.74) is 5.78. The summed E-state index contributed by atoms with van der Waals surface area (Å²) in [6.07, 6.45) is 17.8. The van der Waals surface area contributed by atoms with E-state index in [0.717, 1.165) is 17.2 Å². The lowest BCUT2D eigenvalue weighted by atomic mass is 9.72. The molecule has 4 nitrogen and oxygen atoms in total. The topological polar surface area (TPSA) is 63.6 Å². The van der Waals surface area contributed by atoms with Crippen LogP contribution in [-0.4, -0.2) is 17.0 Å². The number of ether oxygens (including phenoxy) is 1. The van der Waals surface area contributed by atoms with Gasteiger partial charge in [-0.25, -0.2) is 9.59 Å². The molecule has 0 saturated carbocycles. The summed E-state index contributed by atoms with van der Waals surface area (Å²) < 4.78 is 5.31. The summed E-state index contributed by atoms with van der Waals surface area (Å²) in [6, 6.07) is 6.63. The van der Waals surface area contributed by atoms with Crippen molar-refractivity contribution in [3.05, 3.63) is 94.7 Å². The normalized spacial score (nSPS) is 17.4. The van der Waals surface area contributed by atoms with E-state index in [1.807, 2.05) is 25.2 Å². The molecular weight excluding hydrogens is 412 g/mol. The summed E-state index contributed by atoms with van der Waals surface area (Å²) in [5.74, 6) is -1.08. The van der Waals surface area contributed by atoms with Crippen LogP contribution in [0.25, 0.3) is 6.08 Å². The fourth-order valence-corrected chi connectivity index (χ4v) is 3.83. The fraction of sp³-hybridized carbons (Fsp3) is 0.310. The summed E-state index contributed by atoms with van der Waals surface area (Å²) in [5, 5.41) is 8.66. The monoisotopic (exact) mass is 446 g/mol. The van der Waals surface area contributed by atoms with Crippen molar-refractivity contribution < 1.29 is 19.4 Å². The van der Waals surface area contributed by atoms with E-state index >= 15 is 0 Å². The molecule has 0 aromatic heterocycles. The number of allylic oxidation sites excluding steroid dienone is 9. The van der Waals surface area contributed by atoms with Gasteiger partial charge >= 0.3 is 11.9 Å². The smallest absolute Gasteiger partial charge is 0.336 e. The highest BCUT2D eigenvalue weighted by Gasteiger charge is 2.26. The van der Waals surface area contributed by atoms with Gasteiger partial charge in [-0.1, -0.05) is 67.5 Å². The highest BCUT2D eigenvalue weighted by atomic mass is 16.5. The van der Waals surface area contributed by atoms with Crippen molar-refractivity contribution in [1.82, 2.24) is 0 Å². The van der Waals surface area contributed by atoms with Crippen LogP contribution in [0.1, 0.15) is 59.4 Å². The molecule has 2 rings (SSSR count). The third-order valence-corrected chi connectivity index (χ3v) is 5.64. The van der Waals surface area contributed by atoms with Gasteiger partial charge in [0.15, 0.2) is 0 Å². The Morgan fingerprint density at radius 1 is 1.00 bits per heavy atom. The molecule has 33 heavy (non-hydrogen) atoms. The number of carbonyl (C=O) groups is 2. The SMILES string of the molecule is CC1=C(/C=C/C(C)=C/C=C/C(C)=C/C(=O)Oc2ccc(/C=C/C(=O)O)cc2)C(C)(C)CCC1. The first-order chi connectivity index (χ1) is 15.6. The van der Waals surface area contributed by atoms with Crippen LogP contribution in [0.4, 0.5) is 0 Å². The van der Waals surface area contributed by atoms with Crippen molar-refractivity contribution in [2.24, 2.45) is 5.41 Å². The van der Waals surface area contributed by atoms with E-state index in [1.54, 1.807) is 24.3 Å². The Morgan fingerprint density at radius 2 is 1.70 bits per heavy atom. The van der Waals surface area contributed by atoms with Crippen LogP contribution < -0.4 is 4.74 Å². The molecule has 0 aliphatic heterocycles. The molecule has 0 bridgehead atoms. The van der Waals surface area contributed by atoms with E-state index < -0.39 is 11.9 Å². The molecule has 1 aliphatic rings. The Hall–Kier alpha value is -3.40. The van der Waals surface area contributed by atoms with Gasteiger partial charge in [0.25, 0.3) is 0 Å². The summed E-state index contributed by atoms with van der Waals surface area (Å²) in [4.78, 5) is 22.7. The Balaban J connectivity index is 1.94. The molecule has 1 aromatic rings. The maximum Gasteiger partial charge on any atom is 0.336 e. The quantitative estimate of drug-likeness (QED) is 0.198. The van der Waals surface area contributed by atoms with Crippen molar-refractivity contribution in [1.29, 1.82) is 0 Å². The molecule has 0 spiro atoms. The van der Waals surface area contributed by atoms with Crippen LogP contribution in [0.2, 0.25) is 0 Å². The molecule has 0 unspecified atom stereocenters. The minimum absolute atomic E-state index is 0.226. The molecule has 1 N–H and O–H groups in total. The van der Waals surface area contributed by atoms with Gasteiger partial charge in [-0.15, -0.1) is 0 Å². The van der Waals surface area contributed by atoms with Gasteiger partial charge in [-0.3, -0.25) is 0 Å². The second-order valence-electron chi connectivity index (χ2n) is 9.08. The zero-order valence-corrected chi connectivity index (χ0v) is 20.2. The standard InChI is InChI=1S/C29H34O4/c1-21(11-17-26-23(3)10-7-19-29(26,4)5)8-6-9-22(2)20-28(32)33-25-15-12-24(13-16-25)14-18-27(30)31/h6,8-9,11-18,20H,7,10,19H2,1-5H3,(H,30,31)/b9-6+,17-11+,18-14+,21-8+,22-20+. The first-order valence-corrected chi connectivity index (χ1v) is 11.2. The van der Waals surface area contributed by atoms with Crippen LogP contribution in [-0.2, 0) is 9.59 Å². The van der Waals surface area contributed by atoms with Gasteiger partial charge in [-0.2, -0.15) is 0 Å². The van der Waals surface area contributed by atoms with Crippen molar-refractivity contribution in [3.8, 4) is 5.75 Å². The molecule has 174 valence electrons. The summed E-state index contributed by atoms with van der Waals surface area (Å²) in [7, 11) is 0. The Bertz CT molecular complexity index is 1040. The molecular formula is C29H34O4. The van der Waals surface area contributed by atoms with Crippen molar-refractivity contribution in [3.63, 3.8) is 0 Å². The van der Waals surface area contributed by atoms with Gasteiger partial charge in [0.1, 0.15) is 5.75 Å². The van der Waals surface area contributed by atoms with Crippen molar-refractivity contribution in [2.45, 2.75) is 53.9 Å². The van der Waals surface area contributed by atoms with Crippen molar-refractivity contribution in [2.75, 3.05) is 0 Å². The minimum atomic E-state index is -1.01. The summed E-state index contributed by atoms with van der Waals surface area (Å²) >= 11 is 0. The summed E-state index contributed by atoms with van der Waals surface area (Å²) in [6.45, 7) is 10.8. The Morgan fingerprint density at radius 3 is 2.33 bits per heavy atom. The van der Waals surface area contributed by atoms with Crippen LogP contribution in [0.5, 0.6) is 5.75 Å². The van der Waals surface area contributed by atoms with E-state index in [9.17, 15) is 9.59 Å². The second kappa shape index (κ2) is 12.0. The number of carboxylic acid groups (broad SMARTS) is 1.